The van der Waals surface area contributed by atoms with Crippen molar-refractivity contribution in [2.45, 2.75) is 39.5 Å². The van der Waals surface area contributed by atoms with Crippen LogP contribution in [-0.2, 0) is 0 Å². The zero-order valence-electron chi connectivity index (χ0n) is 11.6. The first-order chi connectivity index (χ1) is 9.24. The Morgan fingerprint density at radius 3 is 2.74 bits per heavy atom. The van der Waals surface area contributed by atoms with Crippen molar-refractivity contribution in [2.75, 3.05) is 0 Å². The van der Waals surface area contributed by atoms with Gasteiger partial charge in [0.25, 0.3) is 5.89 Å². The van der Waals surface area contributed by atoms with Gasteiger partial charge in [0.15, 0.2) is 5.82 Å². The van der Waals surface area contributed by atoms with Gasteiger partial charge in [-0.1, -0.05) is 19.0 Å². The van der Waals surface area contributed by atoms with Crippen LogP contribution in [0.5, 0.6) is 0 Å². The van der Waals surface area contributed by atoms with Crippen LogP contribution in [0.2, 0.25) is 0 Å². The number of pyridine rings is 1. The molecule has 0 spiro atoms. The van der Waals surface area contributed by atoms with Crippen LogP contribution in [0.15, 0.2) is 23.0 Å². The maximum Gasteiger partial charge on any atom is 0.250 e. The highest BCUT2D eigenvalue weighted by Crippen LogP contribution is 2.20. The molecule has 0 atom stereocenters. The quantitative estimate of drug-likeness (QED) is 0.816. The van der Waals surface area contributed by atoms with E-state index in [1.807, 2.05) is 31.3 Å². The van der Waals surface area contributed by atoms with Crippen LogP contribution >= 0.6 is 0 Å². The second kappa shape index (κ2) is 6.27. The normalized spacial score (nSPS) is 11.6. The molecule has 19 heavy (non-hydrogen) atoms. The third kappa shape index (κ3) is 3.28. The molecular formula is C15H19N3O. The van der Waals surface area contributed by atoms with Crippen molar-refractivity contribution in [1.29, 1.82) is 0 Å². The second-order valence-electron chi connectivity index (χ2n) is 4.57. The zero-order chi connectivity index (χ0) is 13.7. The molecule has 0 aliphatic rings. The van der Waals surface area contributed by atoms with Crippen LogP contribution in [0.4, 0.5) is 0 Å². The van der Waals surface area contributed by atoms with Crippen molar-refractivity contribution in [3.63, 3.8) is 0 Å². The molecule has 4 nitrogen and oxygen atoms in total. The smallest absolute Gasteiger partial charge is 0.250 e. The Balaban J connectivity index is 2.14. The van der Waals surface area contributed by atoms with Crippen LogP contribution in [-0.4, -0.2) is 15.1 Å². The Morgan fingerprint density at radius 2 is 2.05 bits per heavy atom. The van der Waals surface area contributed by atoms with Crippen LogP contribution in [0.1, 0.15) is 55.4 Å². The van der Waals surface area contributed by atoms with Gasteiger partial charge in [-0.25, -0.2) is 0 Å². The molecule has 4 heteroatoms. The summed E-state index contributed by atoms with van der Waals surface area (Å²) in [6.07, 6.45) is 9.49. The molecule has 0 radical (unpaired) electrons. The number of rotatable bonds is 5. The number of aryl methyl sites for hydroxylation is 1. The molecule has 0 aromatic carbocycles. The molecule has 2 aromatic rings. The summed E-state index contributed by atoms with van der Waals surface area (Å²) in [4.78, 5) is 8.48. The summed E-state index contributed by atoms with van der Waals surface area (Å²) in [5.74, 6) is 1.74. The molecule has 0 N–H and O–H groups in total. The van der Waals surface area contributed by atoms with Crippen molar-refractivity contribution in [2.24, 2.45) is 0 Å². The van der Waals surface area contributed by atoms with E-state index in [-0.39, 0.29) is 0 Å². The highest BCUT2D eigenvalue weighted by molar-refractivity contribution is 5.67. The van der Waals surface area contributed by atoms with Gasteiger partial charge in [-0.2, -0.15) is 4.98 Å². The van der Waals surface area contributed by atoms with E-state index in [1.165, 1.54) is 0 Å². The molecular weight excluding hydrogens is 238 g/mol. The van der Waals surface area contributed by atoms with E-state index in [2.05, 4.69) is 29.0 Å². The van der Waals surface area contributed by atoms with Gasteiger partial charge in [0.2, 0.25) is 0 Å². The second-order valence-corrected chi connectivity index (χ2v) is 4.57. The van der Waals surface area contributed by atoms with E-state index in [4.69, 9.17) is 4.52 Å². The Hall–Kier alpha value is -1.97. The van der Waals surface area contributed by atoms with Gasteiger partial charge in [0.05, 0.1) is 0 Å². The van der Waals surface area contributed by atoms with Gasteiger partial charge in [-0.05, 0) is 43.0 Å². The maximum atomic E-state index is 5.25. The molecule has 0 fully saturated rings. The third-order valence-electron chi connectivity index (χ3n) is 3.28. The number of nitrogens with zero attached hydrogens (tertiary/aromatic N) is 3. The summed E-state index contributed by atoms with van der Waals surface area (Å²) in [5, 5.41) is 4.04. The fraction of sp³-hybridized carbons (Fsp3) is 0.400. The van der Waals surface area contributed by atoms with E-state index < -0.39 is 0 Å². The summed E-state index contributed by atoms with van der Waals surface area (Å²) >= 11 is 0. The first kappa shape index (κ1) is 13.5. The minimum atomic E-state index is 0.383. The van der Waals surface area contributed by atoms with E-state index in [9.17, 15) is 0 Å². The van der Waals surface area contributed by atoms with Gasteiger partial charge in [0.1, 0.15) is 0 Å². The van der Waals surface area contributed by atoms with Gasteiger partial charge >= 0.3 is 0 Å². The predicted octanol–water partition coefficient (Wildman–Crippen LogP) is 3.85. The Kier molecular flexibility index (Phi) is 4.44. The van der Waals surface area contributed by atoms with E-state index >= 15 is 0 Å². The largest absolute Gasteiger partial charge is 0.335 e. The topological polar surface area (TPSA) is 51.8 Å². The summed E-state index contributed by atoms with van der Waals surface area (Å²) in [7, 11) is 0. The van der Waals surface area contributed by atoms with E-state index in [0.29, 0.717) is 11.8 Å². The maximum absolute atomic E-state index is 5.25. The minimum absolute atomic E-state index is 0.383. The van der Waals surface area contributed by atoms with Crippen LogP contribution in [0, 0.1) is 6.92 Å². The number of hydrogen-bond acceptors (Lipinski definition) is 4. The summed E-state index contributed by atoms with van der Waals surface area (Å²) in [5.41, 5.74) is 2.23. The fourth-order valence-electron chi connectivity index (χ4n) is 1.97. The fourth-order valence-corrected chi connectivity index (χ4v) is 1.97. The highest BCUT2D eigenvalue weighted by Gasteiger charge is 2.13. The lowest BCUT2D eigenvalue weighted by atomic mass is 10.0. The molecule has 0 unspecified atom stereocenters. The molecule has 0 bridgehead atoms. The zero-order valence-corrected chi connectivity index (χ0v) is 11.6. The van der Waals surface area contributed by atoms with Crippen molar-refractivity contribution in [3.8, 4) is 0 Å². The third-order valence-corrected chi connectivity index (χ3v) is 3.28. The van der Waals surface area contributed by atoms with Crippen LogP contribution in [0.25, 0.3) is 12.2 Å². The predicted molar refractivity (Wildman–Crippen MR) is 75.5 cm³/mol. The van der Waals surface area contributed by atoms with Crippen molar-refractivity contribution >= 4 is 12.2 Å². The standard InChI is InChI=1S/C15H19N3O/c1-4-12(5-2)15-17-14(19-18-15)7-6-13-8-9-16-10-11(13)3/h6-10,12H,4-5H2,1-3H3/b7-6+. The minimum Gasteiger partial charge on any atom is -0.335 e. The molecule has 0 saturated carbocycles. The number of aromatic nitrogens is 3. The molecule has 2 heterocycles. The van der Waals surface area contributed by atoms with Crippen LogP contribution < -0.4 is 0 Å². The van der Waals surface area contributed by atoms with Gasteiger partial charge in [-0.15, -0.1) is 0 Å². The SMILES string of the molecule is CCC(CC)c1noc(/C=C/c2ccncc2C)n1. The van der Waals surface area contributed by atoms with E-state index in [0.717, 1.165) is 29.8 Å². The summed E-state index contributed by atoms with van der Waals surface area (Å²) in [6, 6.07) is 1.96. The first-order valence-corrected chi connectivity index (χ1v) is 6.66. The molecule has 2 aromatic heterocycles. The molecule has 0 aliphatic heterocycles. The lowest BCUT2D eigenvalue weighted by Crippen LogP contribution is -1.97. The van der Waals surface area contributed by atoms with Crippen molar-refractivity contribution in [3.05, 3.63) is 41.3 Å². The van der Waals surface area contributed by atoms with Gasteiger partial charge < -0.3 is 4.52 Å². The Labute approximate surface area is 113 Å². The average molecular weight is 257 g/mol. The van der Waals surface area contributed by atoms with Gasteiger partial charge in [-0.3, -0.25) is 4.98 Å². The van der Waals surface area contributed by atoms with Crippen LogP contribution in [0.3, 0.4) is 0 Å². The first-order valence-electron chi connectivity index (χ1n) is 6.66. The van der Waals surface area contributed by atoms with Crippen molar-refractivity contribution < 1.29 is 4.52 Å². The Morgan fingerprint density at radius 1 is 1.26 bits per heavy atom. The molecule has 100 valence electrons. The summed E-state index contributed by atoms with van der Waals surface area (Å²) < 4.78 is 5.25. The average Bonchev–Trinajstić information content (AvgIpc) is 2.88. The van der Waals surface area contributed by atoms with Gasteiger partial charge in [0, 0.05) is 24.4 Å². The molecule has 2 rings (SSSR count). The lowest BCUT2D eigenvalue weighted by Gasteiger charge is -2.04. The van der Waals surface area contributed by atoms with E-state index in [1.54, 1.807) is 6.20 Å². The van der Waals surface area contributed by atoms with Crippen molar-refractivity contribution in [1.82, 2.24) is 15.1 Å². The molecule has 0 amide bonds. The highest BCUT2D eigenvalue weighted by atomic mass is 16.5. The molecule has 0 aliphatic carbocycles. The molecule has 0 saturated heterocycles. The monoisotopic (exact) mass is 257 g/mol. The number of hydrogen-bond donors (Lipinski definition) is 0. The Bertz CT molecular complexity index is 556. The summed E-state index contributed by atoms with van der Waals surface area (Å²) in [6.45, 7) is 6.30. The lowest BCUT2D eigenvalue weighted by molar-refractivity contribution is 0.395.